The molecule has 0 saturated carbocycles. The van der Waals surface area contributed by atoms with Gasteiger partial charge in [0.15, 0.2) is 23.0 Å². The Hall–Kier alpha value is -3.26. The number of phenols is 1. The molecule has 0 aliphatic carbocycles. The first-order valence-electron chi connectivity index (χ1n) is 8.45. The highest BCUT2D eigenvalue weighted by atomic mass is 16.7. The zero-order valence-electron chi connectivity index (χ0n) is 16.4. The standard InChI is InChI=1S/C20H23NO7/c1-23-14-7-6-11(8-13(14)22)17-18(28-21-20(17)27-5)12-9-15(24-2)19(26-4)16(10-12)25-3/h6-10,18,21-22H,1-5H3. The van der Waals surface area contributed by atoms with Gasteiger partial charge >= 0.3 is 0 Å². The van der Waals surface area contributed by atoms with Gasteiger partial charge in [-0.15, -0.1) is 0 Å². The number of hydroxylamine groups is 1. The Morgan fingerprint density at radius 3 is 1.96 bits per heavy atom. The van der Waals surface area contributed by atoms with Gasteiger partial charge in [0, 0.05) is 0 Å². The van der Waals surface area contributed by atoms with Crippen molar-refractivity contribution in [3.63, 3.8) is 0 Å². The van der Waals surface area contributed by atoms with Crippen LogP contribution in [0.4, 0.5) is 0 Å². The van der Waals surface area contributed by atoms with Crippen LogP contribution >= 0.6 is 0 Å². The van der Waals surface area contributed by atoms with Gasteiger partial charge in [-0.1, -0.05) is 6.07 Å². The van der Waals surface area contributed by atoms with Crippen molar-refractivity contribution >= 4 is 5.57 Å². The molecule has 2 aromatic rings. The summed E-state index contributed by atoms with van der Waals surface area (Å²) in [5, 5.41) is 10.2. The molecule has 1 aliphatic heterocycles. The van der Waals surface area contributed by atoms with Crippen LogP contribution in [0.2, 0.25) is 0 Å². The van der Waals surface area contributed by atoms with E-state index < -0.39 is 6.10 Å². The highest BCUT2D eigenvalue weighted by Gasteiger charge is 2.33. The largest absolute Gasteiger partial charge is 0.504 e. The van der Waals surface area contributed by atoms with Crippen molar-refractivity contribution in [2.24, 2.45) is 0 Å². The SMILES string of the molecule is COC1=C(c2ccc(OC)c(O)c2)C(c2cc(OC)c(OC)c(OC)c2)ON1. The minimum Gasteiger partial charge on any atom is -0.504 e. The topological polar surface area (TPSA) is 87.6 Å². The van der Waals surface area contributed by atoms with Gasteiger partial charge in [-0.05, 0) is 35.4 Å². The van der Waals surface area contributed by atoms with Crippen LogP contribution in [-0.4, -0.2) is 40.7 Å². The van der Waals surface area contributed by atoms with E-state index in [-0.39, 0.29) is 5.75 Å². The molecular weight excluding hydrogens is 366 g/mol. The number of rotatable bonds is 7. The van der Waals surface area contributed by atoms with Gasteiger partial charge in [-0.3, -0.25) is 4.84 Å². The first-order chi connectivity index (χ1) is 13.6. The third-order valence-corrected chi connectivity index (χ3v) is 4.46. The minimum atomic E-state index is -0.545. The summed E-state index contributed by atoms with van der Waals surface area (Å²) in [6, 6.07) is 8.68. The van der Waals surface area contributed by atoms with Crippen LogP contribution in [0, 0.1) is 0 Å². The summed E-state index contributed by atoms with van der Waals surface area (Å²) >= 11 is 0. The first-order valence-corrected chi connectivity index (χ1v) is 8.45. The zero-order valence-corrected chi connectivity index (χ0v) is 16.4. The Labute approximate surface area is 163 Å². The quantitative estimate of drug-likeness (QED) is 0.747. The van der Waals surface area contributed by atoms with Crippen molar-refractivity contribution in [1.29, 1.82) is 0 Å². The van der Waals surface area contributed by atoms with Crippen molar-refractivity contribution in [3.05, 3.63) is 47.3 Å². The van der Waals surface area contributed by atoms with Gasteiger partial charge in [-0.25, -0.2) is 5.48 Å². The smallest absolute Gasteiger partial charge is 0.217 e. The van der Waals surface area contributed by atoms with E-state index in [2.05, 4.69) is 5.48 Å². The summed E-state index contributed by atoms with van der Waals surface area (Å²) < 4.78 is 26.8. The fourth-order valence-electron chi connectivity index (χ4n) is 3.12. The van der Waals surface area contributed by atoms with Crippen LogP contribution in [0.1, 0.15) is 17.2 Å². The highest BCUT2D eigenvalue weighted by Crippen LogP contribution is 2.46. The van der Waals surface area contributed by atoms with Crippen molar-refractivity contribution in [1.82, 2.24) is 5.48 Å². The number of nitrogens with one attached hydrogen (secondary N) is 1. The Kier molecular flexibility index (Phi) is 5.70. The Morgan fingerprint density at radius 1 is 0.821 bits per heavy atom. The Morgan fingerprint density at radius 2 is 1.46 bits per heavy atom. The van der Waals surface area contributed by atoms with Crippen LogP contribution in [0.15, 0.2) is 36.2 Å². The number of hydrogen-bond donors (Lipinski definition) is 2. The Balaban J connectivity index is 2.11. The highest BCUT2D eigenvalue weighted by molar-refractivity contribution is 5.75. The number of aromatic hydroxyl groups is 1. The van der Waals surface area contributed by atoms with Crippen LogP contribution in [-0.2, 0) is 9.57 Å². The molecule has 150 valence electrons. The lowest BCUT2D eigenvalue weighted by atomic mass is 9.95. The van der Waals surface area contributed by atoms with Crippen LogP contribution in [0.5, 0.6) is 28.7 Å². The molecule has 1 aliphatic rings. The van der Waals surface area contributed by atoms with Crippen LogP contribution in [0.25, 0.3) is 5.57 Å². The molecule has 0 amide bonds. The second-order valence-electron chi connectivity index (χ2n) is 5.89. The molecule has 0 aromatic heterocycles. The van der Waals surface area contributed by atoms with Gasteiger partial charge in [0.2, 0.25) is 11.6 Å². The summed E-state index contributed by atoms with van der Waals surface area (Å²) in [4.78, 5) is 5.76. The van der Waals surface area contributed by atoms with E-state index in [9.17, 15) is 5.11 Å². The lowest BCUT2D eigenvalue weighted by molar-refractivity contribution is 0.0203. The van der Waals surface area contributed by atoms with Gasteiger partial charge in [0.05, 0.1) is 41.1 Å². The summed E-state index contributed by atoms with van der Waals surface area (Å²) in [5.41, 5.74) is 4.95. The van der Waals surface area contributed by atoms with E-state index in [0.717, 1.165) is 5.56 Å². The molecule has 0 fully saturated rings. The van der Waals surface area contributed by atoms with E-state index in [1.165, 1.54) is 14.2 Å². The van der Waals surface area contributed by atoms with E-state index in [1.807, 2.05) is 6.07 Å². The second kappa shape index (κ2) is 8.18. The molecular formula is C20H23NO7. The van der Waals surface area contributed by atoms with Crippen molar-refractivity contribution in [2.45, 2.75) is 6.10 Å². The lowest BCUT2D eigenvalue weighted by Gasteiger charge is -2.18. The summed E-state index contributed by atoms with van der Waals surface area (Å²) in [6.07, 6.45) is -0.545. The maximum absolute atomic E-state index is 10.2. The van der Waals surface area contributed by atoms with E-state index in [4.69, 9.17) is 28.5 Å². The number of phenolic OH excluding ortho intramolecular Hbond substituents is 1. The van der Waals surface area contributed by atoms with Gasteiger partial charge in [0.1, 0.15) is 6.10 Å². The average molecular weight is 389 g/mol. The number of methoxy groups -OCH3 is 5. The second-order valence-corrected chi connectivity index (χ2v) is 5.89. The zero-order chi connectivity index (χ0) is 20.3. The molecule has 0 saturated heterocycles. The number of hydrogen-bond acceptors (Lipinski definition) is 8. The predicted molar refractivity (Wildman–Crippen MR) is 102 cm³/mol. The fourth-order valence-corrected chi connectivity index (χ4v) is 3.12. The normalized spacial score (nSPS) is 15.8. The number of ether oxygens (including phenoxy) is 5. The third-order valence-electron chi connectivity index (χ3n) is 4.46. The summed E-state index contributed by atoms with van der Waals surface area (Å²) in [6.45, 7) is 0. The minimum absolute atomic E-state index is 0.0125. The predicted octanol–water partition coefficient (Wildman–Crippen LogP) is 3.02. The maximum Gasteiger partial charge on any atom is 0.217 e. The van der Waals surface area contributed by atoms with E-state index in [0.29, 0.717) is 40.0 Å². The molecule has 3 rings (SSSR count). The molecule has 0 bridgehead atoms. The number of benzene rings is 2. The molecule has 2 aromatic carbocycles. The molecule has 1 atom stereocenters. The summed E-state index contributed by atoms with van der Waals surface area (Å²) in [7, 11) is 7.67. The molecule has 0 radical (unpaired) electrons. The summed E-state index contributed by atoms with van der Waals surface area (Å²) in [5.74, 6) is 2.31. The lowest BCUT2D eigenvalue weighted by Crippen LogP contribution is -2.09. The van der Waals surface area contributed by atoms with Gasteiger partial charge in [0.25, 0.3) is 0 Å². The van der Waals surface area contributed by atoms with Crippen molar-refractivity contribution in [3.8, 4) is 28.7 Å². The fraction of sp³-hybridized carbons (Fsp3) is 0.300. The molecule has 8 nitrogen and oxygen atoms in total. The monoisotopic (exact) mass is 389 g/mol. The van der Waals surface area contributed by atoms with Gasteiger partial charge in [-0.2, -0.15) is 0 Å². The van der Waals surface area contributed by atoms with Crippen LogP contribution < -0.4 is 24.4 Å². The maximum atomic E-state index is 10.2. The van der Waals surface area contributed by atoms with Gasteiger partial charge < -0.3 is 28.8 Å². The van der Waals surface area contributed by atoms with E-state index >= 15 is 0 Å². The molecule has 1 heterocycles. The van der Waals surface area contributed by atoms with E-state index in [1.54, 1.807) is 45.6 Å². The molecule has 1 unspecified atom stereocenters. The molecule has 28 heavy (non-hydrogen) atoms. The van der Waals surface area contributed by atoms with Crippen LogP contribution in [0.3, 0.4) is 0 Å². The Bertz CT molecular complexity index is 869. The molecule has 8 heteroatoms. The molecule has 0 spiro atoms. The average Bonchev–Trinajstić information content (AvgIpc) is 3.16. The molecule has 2 N–H and O–H groups in total. The van der Waals surface area contributed by atoms with Crippen molar-refractivity contribution in [2.75, 3.05) is 35.5 Å². The first kappa shape index (κ1) is 19.5. The third kappa shape index (κ3) is 3.34. The van der Waals surface area contributed by atoms with Crippen molar-refractivity contribution < 1.29 is 33.6 Å².